The van der Waals surface area contributed by atoms with Gasteiger partial charge in [-0.05, 0) is 35.4 Å². The highest BCUT2D eigenvalue weighted by Gasteiger charge is 2.54. The maximum Gasteiger partial charge on any atom is 0.119 e. The molecule has 0 N–H and O–H groups in total. The third kappa shape index (κ3) is 2.86. The van der Waals surface area contributed by atoms with Crippen LogP contribution in [0.3, 0.4) is 0 Å². The molecule has 28 heavy (non-hydrogen) atoms. The number of hydrogen-bond acceptors (Lipinski definition) is 4. The Bertz CT molecular complexity index is 930. The maximum atomic E-state index is 6.49. The minimum Gasteiger partial charge on any atom is -0.497 e. The molecule has 0 aliphatic carbocycles. The summed E-state index contributed by atoms with van der Waals surface area (Å²) in [5, 5.41) is 2.18. The molecule has 0 bridgehead atoms. The first-order valence-electron chi connectivity index (χ1n) is 9.72. The molecular weight excluding hydrogens is 348 g/mol. The lowest BCUT2D eigenvalue weighted by Gasteiger charge is -2.28. The Balaban J connectivity index is 1.48. The fraction of sp³-hybridized carbons (Fsp3) is 0.250. The number of fused-ring (bicyclic) bond motifs is 1. The standard InChI is InChI=1S/C24H24N2O2/c1-27-22-14-12-21(13-15-22)25-17-24(20-10-6-3-7-11-20)16-23(28-26(24)18-25)19-8-4-2-5-9-19/h2-15,23H,16-18H2,1H3. The molecule has 2 aliphatic rings. The summed E-state index contributed by atoms with van der Waals surface area (Å²) in [4.78, 5) is 8.88. The van der Waals surface area contributed by atoms with Gasteiger partial charge in [0.1, 0.15) is 11.9 Å². The SMILES string of the molecule is COc1ccc(N2CN3OC(c4ccccc4)CC3(c3ccccc3)C2)cc1. The van der Waals surface area contributed by atoms with E-state index in [4.69, 9.17) is 9.57 Å². The predicted octanol–water partition coefficient (Wildman–Crippen LogP) is 4.75. The highest BCUT2D eigenvalue weighted by molar-refractivity contribution is 5.51. The molecule has 2 atom stereocenters. The summed E-state index contributed by atoms with van der Waals surface area (Å²) in [5.74, 6) is 0.876. The van der Waals surface area contributed by atoms with Gasteiger partial charge in [-0.2, -0.15) is 5.06 Å². The molecule has 3 aromatic rings. The molecule has 2 saturated heterocycles. The van der Waals surface area contributed by atoms with Crippen LogP contribution in [0.25, 0.3) is 0 Å². The molecule has 2 unspecified atom stereocenters. The molecule has 2 aliphatic heterocycles. The third-order valence-corrected chi connectivity index (χ3v) is 5.93. The molecule has 142 valence electrons. The second-order valence-electron chi connectivity index (χ2n) is 7.52. The first-order chi connectivity index (χ1) is 13.8. The Labute approximate surface area is 165 Å². The zero-order valence-electron chi connectivity index (χ0n) is 16.0. The topological polar surface area (TPSA) is 24.9 Å². The average Bonchev–Trinajstić information content (AvgIpc) is 3.31. The molecule has 3 aromatic carbocycles. The van der Waals surface area contributed by atoms with Crippen LogP contribution in [0.4, 0.5) is 5.69 Å². The van der Waals surface area contributed by atoms with Crippen LogP contribution in [0.2, 0.25) is 0 Å². The molecule has 4 nitrogen and oxygen atoms in total. The van der Waals surface area contributed by atoms with Gasteiger partial charge in [-0.3, -0.25) is 4.84 Å². The first kappa shape index (κ1) is 17.3. The minimum absolute atomic E-state index is 0.0828. The van der Waals surface area contributed by atoms with Gasteiger partial charge < -0.3 is 9.64 Å². The van der Waals surface area contributed by atoms with E-state index in [1.807, 2.05) is 12.1 Å². The fourth-order valence-corrected chi connectivity index (χ4v) is 4.45. The molecule has 2 fully saturated rings. The van der Waals surface area contributed by atoms with Crippen molar-refractivity contribution in [2.75, 3.05) is 25.2 Å². The summed E-state index contributed by atoms with van der Waals surface area (Å²) in [6.07, 6.45) is 1.02. The zero-order valence-corrected chi connectivity index (χ0v) is 16.0. The van der Waals surface area contributed by atoms with E-state index in [0.29, 0.717) is 0 Å². The second-order valence-corrected chi connectivity index (χ2v) is 7.52. The van der Waals surface area contributed by atoms with Gasteiger partial charge in [0.2, 0.25) is 0 Å². The molecule has 0 saturated carbocycles. The third-order valence-electron chi connectivity index (χ3n) is 5.93. The summed E-state index contributed by atoms with van der Waals surface area (Å²) < 4.78 is 5.30. The molecular formula is C24H24N2O2. The van der Waals surface area contributed by atoms with Crippen LogP contribution >= 0.6 is 0 Å². The van der Waals surface area contributed by atoms with E-state index in [2.05, 4.69) is 82.8 Å². The summed E-state index contributed by atoms with van der Waals surface area (Å²) in [6, 6.07) is 29.6. The molecule has 0 spiro atoms. The summed E-state index contributed by atoms with van der Waals surface area (Å²) in [6.45, 7) is 1.64. The van der Waals surface area contributed by atoms with Crippen LogP contribution in [-0.2, 0) is 10.4 Å². The van der Waals surface area contributed by atoms with Crippen LogP contribution in [0, 0.1) is 0 Å². The lowest BCUT2D eigenvalue weighted by molar-refractivity contribution is -0.172. The van der Waals surface area contributed by atoms with Gasteiger partial charge in [0.25, 0.3) is 0 Å². The second kappa shape index (κ2) is 6.97. The number of anilines is 1. The van der Waals surface area contributed by atoms with Crippen LogP contribution in [0.5, 0.6) is 5.75 Å². The largest absolute Gasteiger partial charge is 0.497 e. The summed E-state index contributed by atoms with van der Waals surface area (Å²) in [7, 11) is 1.70. The quantitative estimate of drug-likeness (QED) is 0.660. The molecule has 5 rings (SSSR count). The lowest BCUT2D eigenvalue weighted by Crippen LogP contribution is -2.37. The number of hydroxylamine groups is 2. The van der Waals surface area contributed by atoms with Crippen molar-refractivity contribution in [3.63, 3.8) is 0 Å². The average molecular weight is 372 g/mol. The van der Waals surface area contributed by atoms with Gasteiger partial charge in [-0.15, -0.1) is 0 Å². The van der Waals surface area contributed by atoms with Gasteiger partial charge in [-0.1, -0.05) is 60.7 Å². The monoisotopic (exact) mass is 372 g/mol. The number of rotatable bonds is 4. The summed E-state index contributed by atoms with van der Waals surface area (Å²) in [5.41, 5.74) is 3.58. The van der Waals surface area contributed by atoms with E-state index in [0.717, 1.165) is 25.4 Å². The normalized spacial score (nSPS) is 24.3. The van der Waals surface area contributed by atoms with Gasteiger partial charge in [0.05, 0.1) is 19.3 Å². The number of benzene rings is 3. The van der Waals surface area contributed by atoms with Gasteiger partial charge in [0.15, 0.2) is 0 Å². The minimum atomic E-state index is -0.151. The van der Waals surface area contributed by atoms with Crippen molar-refractivity contribution in [3.05, 3.63) is 96.1 Å². The van der Waals surface area contributed by atoms with Crippen molar-refractivity contribution in [3.8, 4) is 5.75 Å². The first-order valence-corrected chi connectivity index (χ1v) is 9.72. The highest BCUT2D eigenvalue weighted by Crippen LogP contribution is 2.50. The van der Waals surface area contributed by atoms with Crippen molar-refractivity contribution in [1.29, 1.82) is 0 Å². The smallest absolute Gasteiger partial charge is 0.119 e. The molecule has 0 aromatic heterocycles. The van der Waals surface area contributed by atoms with Crippen LogP contribution < -0.4 is 9.64 Å². The maximum absolute atomic E-state index is 6.49. The van der Waals surface area contributed by atoms with Crippen LogP contribution in [0.1, 0.15) is 23.7 Å². The van der Waals surface area contributed by atoms with Crippen molar-refractivity contribution in [1.82, 2.24) is 5.06 Å². The van der Waals surface area contributed by atoms with E-state index in [9.17, 15) is 0 Å². The van der Waals surface area contributed by atoms with Crippen molar-refractivity contribution in [2.45, 2.75) is 18.1 Å². The van der Waals surface area contributed by atoms with Gasteiger partial charge in [-0.25, -0.2) is 0 Å². The van der Waals surface area contributed by atoms with E-state index < -0.39 is 0 Å². The Morgan fingerprint density at radius 2 is 1.57 bits per heavy atom. The van der Waals surface area contributed by atoms with Gasteiger partial charge >= 0.3 is 0 Å². The Kier molecular flexibility index (Phi) is 4.30. The van der Waals surface area contributed by atoms with Crippen molar-refractivity contribution < 1.29 is 9.57 Å². The fourth-order valence-electron chi connectivity index (χ4n) is 4.45. The van der Waals surface area contributed by atoms with E-state index in [1.165, 1.54) is 16.8 Å². The van der Waals surface area contributed by atoms with Gasteiger partial charge in [0, 0.05) is 18.7 Å². The molecule has 0 radical (unpaired) electrons. The Morgan fingerprint density at radius 3 is 2.25 bits per heavy atom. The number of methoxy groups -OCH3 is 1. The van der Waals surface area contributed by atoms with E-state index >= 15 is 0 Å². The molecule has 4 heteroatoms. The molecule has 0 amide bonds. The number of ether oxygens (including phenoxy) is 1. The van der Waals surface area contributed by atoms with Crippen molar-refractivity contribution >= 4 is 5.69 Å². The van der Waals surface area contributed by atoms with E-state index in [1.54, 1.807) is 7.11 Å². The highest BCUT2D eigenvalue weighted by atomic mass is 16.7. The lowest BCUT2D eigenvalue weighted by atomic mass is 9.84. The number of nitrogens with zero attached hydrogens (tertiary/aromatic N) is 2. The van der Waals surface area contributed by atoms with Crippen LogP contribution in [-0.4, -0.2) is 25.4 Å². The van der Waals surface area contributed by atoms with Crippen molar-refractivity contribution in [2.24, 2.45) is 0 Å². The Morgan fingerprint density at radius 1 is 0.893 bits per heavy atom. The Hall–Kier alpha value is -2.82. The molecule has 2 heterocycles. The van der Waals surface area contributed by atoms with Crippen LogP contribution in [0.15, 0.2) is 84.9 Å². The predicted molar refractivity (Wildman–Crippen MR) is 110 cm³/mol. The zero-order chi connectivity index (χ0) is 19.0. The van der Waals surface area contributed by atoms with E-state index in [-0.39, 0.29) is 11.6 Å². The summed E-state index contributed by atoms with van der Waals surface area (Å²) >= 11 is 0. The number of hydrogen-bond donors (Lipinski definition) is 0.